The van der Waals surface area contributed by atoms with E-state index in [1.165, 1.54) is 5.01 Å². The van der Waals surface area contributed by atoms with E-state index < -0.39 is 0 Å². The predicted octanol–water partition coefficient (Wildman–Crippen LogP) is 1.64. The highest BCUT2D eigenvalue weighted by atomic mass is 16.2. The van der Waals surface area contributed by atoms with Crippen LogP contribution in [0.15, 0.2) is 29.4 Å². The van der Waals surface area contributed by atoms with Crippen molar-refractivity contribution in [3.63, 3.8) is 0 Å². The van der Waals surface area contributed by atoms with Gasteiger partial charge in [0.1, 0.15) is 5.71 Å². The first-order valence-corrected chi connectivity index (χ1v) is 8.57. The van der Waals surface area contributed by atoms with Gasteiger partial charge in [0, 0.05) is 39.0 Å². The second-order valence-electron chi connectivity index (χ2n) is 6.31. The summed E-state index contributed by atoms with van der Waals surface area (Å²) >= 11 is 0. The molecule has 0 aromatic heterocycles. The topological polar surface area (TPSA) is 56.2 Å². The molecule has 128 valence electrons. The summed E-state index contributed by atoms with van der Waals surface area (Å²) in [5.74, 6) is -0.0958. The van der Waals surface area contributed by atoms with Gasteiger partial charge in [-0.25, -0.2) is 5.01 Å². The Bertz CT molecular complexity index is 645. The largest absolute Gasteiger partial charge is 0.335 e. The number of amides is 2. The fourth-order valence-electron chi connectivity index (χ4n) is 3.04. The molecule has 3 rings (SSSR count). The maximum atomic E-state index is 12.7. The molecule has 0 bridgehead atoms. The van der Waals surface area contributed by atoms with Crippen molar-refractivity contribution in [3.05, 3.63) is 29.8 Å². The number of hydrogen-bond donors (Lipinski definition) is 0. The summed E-state index contributed by atoms with van der Waals surface area (Å²) in [6, 6.07) is 7.62. The molecule has 2 amide bonds. The van der Waals surface area contributed by atoms with E-state index in [-0.39, 0.29) is 11.8 Å². The van der Waals surface area contributed by atoms with Crippen LogP contribution in [0, 0.1) is 6.92 Å². The Kier molecular flexibility index (Phi) is 4.94. The smallest absolute Gasteiger partial charge is 0.270 e. The summed E-state index contributed by atoms with van der Waals surface area (Å²) < 4.78 is 0. The van der Waals surface area contributed by atoms with E-state index in [0.717, 1.165) is 38.3 Å². The number of carbonyl (C=O) groups excluding carboxylic acids is 2. The summed E-state index contributed by atoms with van der Waals surface area (Å²) in [4.78, 5) is 29.1. The summed E-state index contributed by atoms with van der Waals surface area (Å²) in [7, 11) is 0. The van der Waals surface area contributed by atoms with Crippen LogP contribution in [0.4, 0.5) is 5.69 Å². The summed E-state index contributed by atoms with van der Waals surface area (Å²) in [6.07, 6.45) is 0.751. The van der Waals surface area contributed by atoms with E-state index in [1.807, 2.05) is 36.1 Å². The lowest BCUT2D eigenvalue weighted by molar-refractivity contribution is -0.126. The van der Waals surface area contributed by atoms with Gasteiger partial charge in [-0.2, -0.15) is 5.10 Å². The zero-order valence-electron chi connectivity index (χ0n) is 14.4. The molecule has 24 heavy (non-hydrogen) atoms. The highest BCUT2D eigenvalue weighted by Gasteiger charge is 2.29. The molecular formula is C18H24N4O2. The zero-order valence-corrected chi connectivity index (χ0v) is 14.4. The van der Waals surface area contributed by atoms with Crippen LogP contribution in [0.2, 0.25) is 0 Å². The molecule has 1 saturated heterocycles. The summed E-state index contributed by atoms with van der Waals surface area (Å²) in [6.45, 7) is 8.39. The fraction of sp³-hybridized carbons (Fsp3) is 0.500. The first-order valence-electron chi connectivity index (χ1n) is 8.57. The number of nitrogens with zero attached hydrogens (tertiary/aromatic N) is 4. The molecule has 0 aliphatic carbocycles. The first kappa shape index (κ1) is 16.6. The lowest BCUT2D eigenvalue weighted by Crippen LogP contribution is -2.51. The van der Waals surface area contributed by atoms with Gasteiger partial charge in [-0.05, 0) is 25.6 Å². The van der Waals surface area contributed by atoms with Crippen LogP contribution >= 0.6 is 0 Å². The van der Waals surface area contributed by atoms with E-state index in [1.54, 1.807) is 0 Å². The second-order valence-corrected chi connectivity index (χ2v) is 6.31. The van der Waals surface area contributed by atoms with Gasteiger partial charge in [0.25, 0.3) is 5.91 Å². The third kappa shape index (κ3) is 3.48. The maximum Gasteiger partial charge on any atom is 0.270 e. The number of likely N-dealkylation sites (N-methyl/N-ethyl adjacent to an activating group) is 1. The average Bonchev–Trinajstić information content (AvgIpc) is 2.62. The molecule has 0 spiro atoms. The average molecular weight is 328 g/mol. The molecule has 1 fully saturated rings. The number of carbonyl (C=O) groups is 2. The predicted molar refractivity (Wildman–Crippen MR) is 94.0 cm³/mol. The Morgan fingerprint density at radius 2 is 1.75 bits per heavy atom. The SMILES string of the molecule is CCN1CCN(C(=O)C2=NN(c3ccc(C)cc3)C(=O)CC2)CC1. The Balaban J connectivity index is 1.75. The van der Waals surface area contributed by atoms with E-state index in [2.05, 4.69) is 16.9 Å². The summed E-state index contributed by atoms with van der Waals surface area (Å²) in [5.41, 5.74) is 2.32. The molecule has 1 aromatic rings. The van der Waals surface area contributed by atoms with Crippen molar-refractivity contribution in [3.8, 4) is 0 Å². The molecule has 2 aliphatic rings. The molecule has 0 unspecified atom stereocenters. The first-order chi connectivity index (χ1) is 11.6. The number of hydrazone groups is 1. The number of benzene rings is 1. The molecule has 2 aliphatic heterocycles. The number of piperazine rings is 1. The molecular weight excluding hydrogens is 304 g/mol. The number of aryl methyl sites for hydroxylation is 1. The molecule has 2 heterocycles. The standard InChI is InChI=1S/C18H24N4O2/c1-3-20-10-12-21(13-11-20)18(24)16-8-9-17(23)22(19-16)15-6-4-14(2)5-7-15/h4-7H,3,8-13H2,1-2H3. The van der Waals surface area contributed by atoms with Crippen LogP contribution in [0.5, 0.6) is 0 Å². The monoisotopic (exact) mass is 328 g/mol. The Morgan fingerprint density at radius 1 is 1.08 bits per heavy atom. The molecule has 0 radical (unpaired) electrons. The maximum absolute atomic E-state index is 12.7. The number of rotatable bonds is 3. The van der Waals surface area contributed by atoms with Gasteiger partial charge in [0.05, 0.1) is 5.69 Å². The Labute approximate surface area is 142 Å². The third-order valence-electron chi connectivity index (χ3n) is 4.66. The van der Waals surface area contributed by atoms with E-state index in [9.17, 15) is 9.59 Å². The van der Waals surface area contributed by atoms with Crippen molar-refractivity contribution in [2.45, 2.75) is 26.7 Å². The normalized spacial score (nSPS) is 19.4. The minimum absolute atomic E-state index is 0.0321. The van der Waals surface area contributed by atoms with Gasteiger partial charge in [0.2, 0.25) is 5.91 Å². The van der Waals surface area contributed by atoms with Crippen molar-refractivity contribution < 1.29 is 9.59 Å². The van der Waals surface area contributed by atoms with Gasteiger partial charge in [-0.15, -0.1) is 0 Å². The minimum atomic E-state index is -0.0637. The third-order valence-corrected chi connectivity index (χ3v) is 4.66. The van der Waals surface area contributed by atoms with Crippen molar-refractivity contribution >= 4 is 23.2 Å². The number of hydrogen-bond acceptors (Lipinski definition) is 4. The Morgan fingerprint density at radius 3 is 2.38 bits per heavy atom. The molecule has 6 nitrogen and oxygen atoms in total. The fourth-order valence-corrected chi connectivity index (χ4v) is 3.04. The van der Waals surface area contributed by atoms with Gasteiger partial charge < -0.3 is 9.80 Å². The second kappa shape index (κ2) is 7.13. The van der Waals surface area contributed by atoms with E-state index in [4.69, 9.17) is 0 Å². The molecule has 0 N–H and O–H groups in total. The van der Waals surface area contributed by atoms with Crippen LogP contribution in [-0.2, 0) is 9.59 Å². The van der Waals surface area contributed by atoms with Crippen LogP contribution < -0.4 is 5.01 Å². The van der Waals surface area contributed by atoms with Crippen LogP contribution in [0.1, 0.15) is 25.3 Å². The summed E-state index contributed by atoms with van der Waals surface area (Å²) in [5, 5.41) is 5.75. The molecule has 1 aromatic carbocycles. The van der Waals surface area contributed by atoms with Gasteiger partial charge >= 0.3 is 0 Å². The molecule has 6 heteroatoms. The Hall–Kier alpha value is -2.21. The van der Waals surface area contributed by atoms with Gasteiger partial charge in [-0.3, -0.25) is 9.59 Å². The van der Waals surface area contributed by atoms with Crippen molar-refractivity contribution in [1.29, 1.82) is 0 Å². The molecule has 0 saturated carbocycles. The zero-order chi connectivity index (χ0) is 17.1. The quantitative estimate of drug-likeness (QED) is 0.848. The lowest BCUT2D eigenvalue weighted by Gasteiger charge is -2.35. The van der Waals surface area contributed by atoms with E-state index in [0.29, 0.717) is 24.2 Å². The highest BCUT2D eigenvalue weighted by Crippen LogP contribution is 2.21. The lowest BCUT2D eigenvalue weighted by atomic mass is 10.1. The van der Waals surface area contributed by atoms with E-state index >= 15 is 0 Å². The van der Waals surface area contributed by atoms with Gasteiger partial charge in [0.15, 0.2) is 0 Å². The minimum Gasteiger partial charge on any atom is -0.335 e. The van der Waals surface area contributed by atoms with Gasteiger partial charge in [-0.1, -0.05) is 24.6 Å². The van der Waals surface area contributed by atoms with Crippen molar-refractivity contribution in [2.75, 3.05) is 37.7 Å². The van der Waals surface area contributed by atoms with Crippen LogP contribution in [0.25, 0.3) is 0 Å². The number of anilines is 1. The van der Waals surface area contributed by atoms with Crippen LogP contribution in [-0.4, -0.2) is 60.0 Å². The van der Waals surface area contributed by atoms with Crippen molar-refractivity contribution in [1.82, 2.24) is 9.80 Å². The van der Waals surface area contributed by atoms with Crippen LogP contribution in [0.3, 0.4) is 0 Å². The highest BCUT2D eigenvalue weighted by molar-refractivity contribution is 6.40. The van der Waals surface area contributed by atoms with Crippen molar-refractivity contribution in [2.24, 2.45) is 5.10 Å². The molecule has 0 atom stereocenters.